The highest BCUT2D eigenvalue weighted by Gasteiger charge is 2.46. The van der Waals surface area contributed by atoms with Gasteiger partial charge in [0.05, 0.1) is 0 Å². The fraction of sp³-hybridized carbons (Fsp3) is 0.167. The molecule has 0 radical (unpaired) electrons. The fourth-order valence-corrected chi connectivity index (χ4v) is 11.8. The monoisotopic (exact) mass is 763 g/mol. The van der Waals surface area contributed by atoms with Gasteiger partial charge in [-0.05, 0) is 105 Å². The van der Waals surface area contributed by atoms with Crippen LogP contribution in [0.1, 0.15) is 68.2 Å². The van der Waals surface area contributed by atoms with Crippen molar-refractivity contribution >= 4 is 31.5 Å². The summed E-state index contributed by atoms with van der Waals surface area (Å²) in [6.07, 6.45) is 6.48. The van der Waals surface area contributed by atoms with E-state index in [9.17, 15) is 0 Å². The zero-order chi connectivity index (χ0) is 38.6. The van der Waals surface area contributed by atoms with Crippen LogP contribution in [0.2, 0.25) is 0 Å². The van der Waals surface area contributed by atoms with E-state index in [1.807, 2.05) is 47.7 Å². The van der Waals surface area contributed by atoms with Gasteiger partial charge in [0.25, 0.3) is 0 Å². The lowest BCUT2D eigenvalue weighted by Gasteiger charge is -2.36. The molecule has 7 aromatic carbocycles. The molecule has 1 fully saturated rings. The van der Waals surface area contributed by atoms with Crippen molar-refractivity contribution in [2.45, 2.75) is 56.8 Å². The Hall–Kier alpha value is -6.23. The molecule has 1 spiro atoms. The molecule has 0 saturated heterocycles. The van der Waals surface area contributed by atoms with Gasteiger partial charge in [-0.15, -0.1) is 11.3 Å². The second kappa shape index (κ2) is 12.6. The minimum atomic E-state index is -0.108. The maximum absolute atomic E-state index is 5.09. The Bertz CT molecular complexity index is 3060. The number of fused-ring (bicyclic) bond motifs is 11. The molecule has 58 heavy (non-hydrogen) atoms. The molecule has 0 aliphatic heterocycles. The summed E-state index contributed by atoms with van der Waals surface area (Å²) < 4.78 is 2.45. The zero-order valence-corrected chi connectivity index (χ0v) is 33.5. The summed E-state index contributed by atoms with van der Waals surface area (Å²) >= 11 is 1.82. The Kier molecular flexibility index (Phi) is 7.38. The van der Waals surface area contributed by atoms with E-state index < -0.39 is 0 Å². The minimum Gasteiger partial charge on any atom is -0.208 e. The van der Waals surface area contributed by atoms with Crippen molar-refractivity contribution in [1.82, 2.24) is 15.0 Å². The van der Waals surface area contributed by atoms with E-state index >= 15 is 0 Å². The summed E-state index contributed by atoms with van der Waals surface area (Å²) in [4.78, 5) is 15.1. The van der Waals surface area contributed by atoms with Gasteiger partial charge < -0.3 is 0 Å². The van der Waals surface area contributed by atoms with Crippen molar-refractivity contribution in [2.75, 3.05) is 0 Å². The molecular formula is C54H41N3S. The highest BCUT2D eigenvalue weighted by molar-refractivity contribution is 7.26. The van der Waals surface area contributed by atoms with Gasteiger partial charge in [-0.1, -0.05) is 148 Å². The van der Waals surface area contributed by atoms with Crippen LogP contribution in [0.4, 0.5) is 0 Å². The molecule has 0 unspecified atom stereocenters. The number of hydrogen-bond acceptors (Lipinski definition) is 4. The molecule has 3 aliphatic rings. The van der Waals surface area contributed by atoms with Crippen LogP contribution < -0.4 is 0 Å². The van der Waals surface area contributed by atoms with Gasteiger partial charge in [-0.3, -0.25) is 0 Å². The lowest BCUT2D eigenvalue weighted by Crippen LogP contribution is -2.28. The lowest BCUT2D eigenvalue weighted by atomic mass is 9.67. The second-order valence-electron chi connectivity index (χ2n) is 17.1. The molecule has 3 nitrogen and oxygen atoms in total. The quantitative estimate of drug-likeness (QED) is 0.179. The van der Waals surface area contributed by atoms with Gasteiger partial charge in [0.15, 0.2) is 17.5 Å². The molecule has 12 rings (SSSR count). The van der Waals surface area contributed by atoms with E-state index in [-0.39, 0.29) is 10.8 Å². The van der Waals surface area contributed by atoms with Crippen LogP contribution >= 0.6 is 11.3 Å². The van der Waals surface area contributed by atoms with Crippen molar-refractivity contribution in [2.24, 2.45) is 0 Å². The van der Waals surface area contributed by atoms with Gasteiger partial charge in [-0.2, -0.15) is 0 Å². The van der Waals surface area contributed by atoms with Crippen LogP contribution in [0.3, 0.4) is 0 Å². The van der Waals surface area contributed by atoms with Crippen LogP contribution in [-0.2, 0) is 10.8 Å². The molecule has 4 heteroatoms. The van der Waals surface area contributed by atoms with Crippen molar-refractivity contribution in [3.8, 4) is 67.5 Å². The normalized spacial score (nSPS) is 15.7. The van der Waals surface area contributed by atoms with Crippen LogP contribution in [0, 0.1) is 0 Å². The predicted molar refractivity (Wildman–Crippen MR) is 241 cm³/mol. The average Bonchev–Trinajstić information content (AvgIpc) is 3.86. The van der Waals surface area contributed by atoms with E-state index in [0.717, 1.165) is 16.7 Å². The van der Waals surface area contributed by atoms with E-state index in [0.29, 0.717) is 17.5 Å². The first-order chi connectivity index (χ1) is 28.5. The maximum atomic E-state index is 5.09. The standard InChI is InChI=1S/C54H41N3S/c1-53(2)45-30-36(23-25-38(45)41-32-47-42(31-46(41)53)37-19-10-11-22-44(37)54(47)27-12-5-13-28-54)35-24-26-48-43(29-35)39-20-14-21-40(49(39)58-48)52-56-50(33-15-6-3-7-16-33)55-51(57-52)34-17-8-4-9-18-34/h3-4,6-11,14-26,29-32H,5,12-13,27-28H2,1-2H3. The molecule has 1 saturated carbocycles. The molecule has 2 heterocycles. The molecule has 3 aliphatic carbocycles. The Morgan fingerprint density at radius 3 is 1.76 bits per heavy atom. The third-order valence-electron chi connectivity index (χ3n) is 13.5. The number of rotatable bonds is 4. The fourth-order valence-electron chi connectivity index (χ4n) is 10.6. The molecule has 0 N–H and O–H groups in total. The van der Waals surface area contributed by atoms with Gasteiger partial charge in [0, 0.05) is 47.7 Å². The number of benzene rings is 7. The number of hydrogen-bond donors (Lipinski definition) is 0. The van der Waals surface area contributed by atoms with Gasteiger partial charge in [0.1, 0.15) is 0 Å². The lowest BCUT2D eigenvalue weighted by molar-refractivity contribution is 0.353. The van der Waals surface area contributed by atoms with E-state index in [1.165, 1.54) is 96.8 Å². The first-order valence-electron chi connectivity index (χ1n) is 20.7. The number of aromatic nitrogens is 3. The van der Waals surface area contributed by atoms with Gasteiger partial charge in [-0.25, -0.2) is 15.0 Å². The Labute approximate surface area is 343 Å². The molecule has 2 aromatic heterocycles. The van der Waals surface area contributed by atoms with Crippen molar-refractivity contribution in [3.05, 3.63) is 174 Å². The molecule has 0 atom stereocenters. The molecular weight excluding hydrogens is 723 g/mol. The third kappa shape index (κ3) is 4.94. The van der Waals surface area contributed by atoms with Crippen molar-refractivity contribution < 1.29 is 0 Å². The third-order valence-corrected chi connectivity index (χ3v) is 14.8. The molecule has 278 valence electrons. The average molecular weight is 764 g/mol. The topological polar surface area (TPSA) is 38.7 Å². The summed E-state index contributed by atoms with van der Waals surface area (Å²) in [5, 5.41) is 2.48. The summed E-state index contributed by atoms with van der Waals surface area (Å²) in [5.74, 6) is 2.04. The first-order valence-corrected chi connectivity index (χ1v) is 21.5. The van der Waals surface area contributed by atoms with Crippen LogP contribution in [0.15, 0.2) is 152 Å². The first kappa shape index (κ1) is 33.9. The zero-order valence-electron chi connectivity index (χ0n) is 32.7. The van der Waals surface area contributed by atoms with Crippen LogP contribution in [-0.4, -0.2) is 15.0 Å². The summed E-state index contributed by atoms with van der Waals surface area (Å²) in [5.41, 5.74) is 17.3. The SMILES string of the molecule is CC1(C)c2cc(-c3ccc4sc5c(-c6nc(-c7ccccc7)nc(-c7ccccc7)n6)cccc5c4c3)ccc2-c2cc3c(cc21)-c1ccccc1C31CCCCC1. The molecule has 9 aromatic rings. The minimum absolute atomic E-state index is 0.108. The van der Waals surface area contributed by atoms with Gasteiger partial charge >= 0.3 is 0 Å². The highest BCUT2D eigenvalue weighted by Crippen LogP contribution is 2.60. The van der Waals surface area contributed by atoms with Crippen molar-refractivity contribution in [1.29, 1.82) is 0 Å². The summed E-state index contributed by atoms with van der Waals surface area (Å²) in [6.45, 7) is 4.85. The molecule has 0 amide bonds. The van der Waals surface area contributed by atoms with Crippen LogP contribution in [0.5, 0.6) is 0 Å². The van der Waals surface area contributed by atoms with E-state index in [1.54, 1.807) is 11.1 Å². The highest BCUT2D eigenvalue weighted by atomic mass is 32.1. The Morgan fingerprint density at radius 2 is 1.00 bits per heavy atom. The summed E-state index contributed by atoms with van der Waals surface area (Å²) in [7, 11) is 0. The largest absolute Gasteiger partial charge is 0.208 e. The van der Waals surface area contributed by atoms with E-state index in [2.05, 4.69) is 129 Å². The second-order valence-corrected chi connectivity index (χ2v) is 18.1. The van der Waals surface area contributed by atoms with Crippen molar-refractivity contribution in [3.63, 3.8) is 0 Å². The Morgan fingerprint density at radius 1 is 0.414 bits per heavy atom. The maximum Gasteiger partial charge on any atom is 0.165 e. The predicted octanol–water partition coefficient (Wildman–Crippen LogP) is 14.4. The van der Waals surface area contributed by atoms with Gasteiger partial charge in [0.2, 0.25) is 0 Å². The Balaban J connectivity index is 0.957. The van der Waals surface area contributed by atoms with E-state index in [4.69, 9.17) is 15.0 Å². The van der Waals surface area contributed by atoms with Crippen LogP contribution in [0.25, 0.3) is 87.7 Å². The number of nitrogens with zero attached hydrogens (tertiary/aromatic N) is 3. The summed E-state index contributed by atoms with van der Waals surface area (Å²) in [6, 6.07) is 55.7. The number of thiophene rings is 1. The smallest absolute Gasteiger partial charge is 0.165 e. The molecule has 0 bridgehead atoms.